The normalized spacial score (nSPS) is 15.7. The van der Waals surface area contributed by atoms with E-state index in [2.05, 4.69) is 58.6 Å². The molecule has 0 spiro atoms. The van der Waals surface area contributed by atoms with Crippen LogP contribution in [-0.4, -0.2) is 99.7 Å². The van der Waals surface area contributed by atoms with E-state index in [9.17, 15) is 26.3 Å². The monoisotopic (exact) mass is 577 g/mol. The number of hydrogen-bond acceptors (Lipinski definition) is 8. The first kappa shape index (κ1) is 33.3. The highest BCUT2D eigenvalue weighted by molar-refractivity contribution is 7.09. The number of carbonyl (C=O) groups is 2. The minimum Gasteiger partial charge on any atom is -0.475 e. The number of fused-ring (bicyclic) bond motifs is 1. The standard InChI is InChI=1S/C17H27N5OS.2C2HF3O2/c1-4-22-17-14(13-23-8-7-20(2)3)10-21(12-16(17)18-19-22)11-15-6-5-9-24-15;2*3-2(4,5)1(6)7/h5-6,9,14H,4,7-8,10-13H2,1-3H3;2*(H,6,7). The van der Waals surface area contributed by atoms with Crippen LogP contribution in [0.25, 0.3) is 0 Å². The molecule has 3 rings (SSSR count). The van der Waals surface area contributed by atoms with E-state index in [4.69, 9.17) is 24.5 Å². The van der Waals surface area contributed by atoms with Crippen LogP contribution in [0.3, 0.4) is 0 Å². The van der Waals surface area contributed by atoms with Crippen LogP contribution >= 0.6 is 11.3 Å². The zero-order chi connectivity index (χ0) is 29.1. The Morgan fingerprint density at radius 3 is 2.18 bits per heavy atom. The van der Waals surface area contributed by atoms with Crippen LogP contribution in [-0.2, 0) is 34.0 Å². The molecule has 17 heteroatoms. The third-order valence-electron chi connectivity index (χ3n) is 4.83. The van der Waals surface area contributed by atoms with Gasteiger partial charge in [0, 0.05) is 43.5 Å². The van der Waals surface area contributed by atoms with E-state index in [0.717, 1.165) is 51.6 Å². The highest BCUT2D eigenvalue weighted by atomic mass is 32.1. The van der Waals surface area contributed by atoms with Crippen molar-refractivity contribution in [2.75, 3.05) is 40.4 Å². The topological polar surface area (TPSA) is 121 Å². The molecular formula is C21H29F6N5O5S. The van der Waals surface area contributed by atoms with Gasteiger partial charge >= 0.3 is 24.3 Å². The third kappa shape index (κ3) is 11.7. The Morgan fingerprint density at radius 2 is 1.74 bits per heavy atom. The van der Waals surface area contributed by atoms with Crippen LogP contribution in [0.2, 0.25) is 0 Å². The van der Waals surface area contributed by atoms with Gasteiger partial charge in [-0.1, -0.05) is 11.3 Å². The lowest BCUT2D eigenvalue weighted by Gasteiger charge is -2.32. The molecule has 3 heterocycles. The Hall–Kier alpha value is -2.76. The summed E-state index contributed by atoms with van der Waals surface area (Å²) in [6, 6.07) is 4.32. The summed E-state index contributed by atoms with van der Waals surface area (Å²) in [5, 5.41) is 25.1. The first-order valence-electron chi connectivity index (χ1n) is 11.1. The Kier molecular flexibility index (Phi) is 13.1. The molecule has 1 unspecified atom stereocenters. The predicted octanol–water partition coefficient (Wildman–Crippen LogP) is 3.30. The fraction of sp³-hybridized carbons (Fsp3) is 0.619. The molecule has 0 fully saturated rings. The lowest BCUT2D eigenvalue weighted by atomic mass is 9.99. The van der Waals surface area contributed by atoms with Crippen LogP contribution in [0.5, 0.6) is 0 Å². The van der Waals surface area contributed by atoms with Gasteiger partial charge in [0.05, 0.1) is 18.9 Å². The molecule has 0 saturated heterocycles. The molecule has 0 amide bonds. The van der Waals surface area contributed by atoms with Crippen molar-refractivity contribution in [3.63, 3.8) is 0 Å². The molecule has 0 bridgehead atoms. The van der Waals surface area contributed by atoms with Crippen molar-refractivity contribution in [2.24, 2.45) is 0 Å². The summed E-state index contributed by atoms with van der Waals surface area (Å²) in [7, 11) is 4.14. The minimum atomic E-state index is -5.08. The Labute approximate surface area is 218 Å². The van der Waals surface area contributed by atoms with Crippen molar-refractivity contribution < 1.29 is 50.9 Å². The second-order valence-corrected chi connectivity index (χ2v) is 9.20. The van der Waals surface area contributed by atoms with Crippen molar-refractivity contribution >= 4 is 23.3 Å². The number of carboxylic acid groups (broad SMARTS) is 2. The summed E-state index contributed by atoms with van der Waals surface area (Å²) in [5.74, 6) is -5.18. The Bertz CT molecular complexity index is 974. The lowest BCUT2D eigenvalue weighted by Crippen LogP contribution is -2.36. The quantitative estimate of drug-likeness (QED) is 0.360. The van der Waals surface area contributed by atoms with Gasteiger partial charge in [-0.15, -0.1) is 16.4 Å². The predicted molar refractivity (Wildman–Crippen MR) is 124 cm³/mol. The first-order valence-corrected chi connectivity index (χ1v) is 11.9. The zero-order valence-electron chi connectivity index (χ0n) is 20.8. The van der Waals surface area contributed by atoms with Gasteiger partial charge in [0.1, 0.15) is 5.69 Å². The van der Waals surface area contributed by atoms with E-state index in [0.29, 0.717) is 5.92 Å². The van der Waals surface area contributed by atoms with E-state index in [1.807, 2.05) is 16.0 Å². The number of rotatable bonds is 8. The van der Waals surface area contributed by atoms with Gasteiger partial charge in [-0.25, -0.2) is 14.3 Å². The van der Waals surface area contributed by atoms with Crippen LogP contribution in [0, 0.1) is 0 Å². The van der Waals surface area contributed by atoms with Crippen molar-refractivity contribution in [1.82, 2.24) is 24.8 Å². The molecule has 2 aromatic rings. The van der Waals surface area contributed by atoms with E-state index >= 15 is 0 Å². The number of ether oxygens (including phenoxy) is 1. The van der Waals surface area contributed by atoms with Gasteiger partial charge in [-0.05, 0) is 32.5 Å². The molecule has 10 nitrogen and oxygen atoms in total. The highest BCUT2D eigenvalue weighted by Crippen LogP contribution is 2.29. The van der Waals surface area contributed by atoms with Crippen LogP contribution in [0.15, 0.2) is 17.5 Å². The average molecular weight is 578 g/mol. The number of aromatic nitrogens is 3. The van der Waals surface area contributed by atoms with E-state index in [-0.39, 0.29) is 0 Å². The molecular weight excluding hydrogens is 548 g/mol. The number of nitrogens with zero attached hydrogens (tertiary/aromatic N) is 5. The summed E-state index contributed by atoms with van der Waals surface area (Å²) < 4.78 is 71.5. The summed E-state index contributed by atoms with van der Waals surface area (Å²) >= 11 is 1.81. The van der Waals surface area contributed by atoms with Crippen LogP contribution < -0.4 is 0 Å². The number of hydrogen-bond donors (Lipinski definition) is 2. The lowest BCUT2D eigenvalue weighted by molar-refractivity contribution is -0.193. The van der Waals surface area contributed by atoms with Crippen molar-refractivity contribution in [3.8, 4) is 0 Å². The number of likely N-dealkylation sites (N-methyl/N-ethyl adjacent to an activating group) is 1. The van der Waals surface area contributed by atoms with Gasteiger partial charge in [0.2, 0.25) is 0 Å². The number of alkyl halides is 6. The second kappa shape index (κ2) is 15.0. The SMILES string of the molecule is CCn1nnc2c1C(COCCN(C)C)CN(Cc1cccs1)C2.O=C(O)C(F)(F)F.O=C(O)C(F)(F)F. The average Bonchev–Trinajstić information content (AvgIpc) is 3.45. The summed E-state index contributed by atoms with van der Waals surface area (Å²) in [6.07, 6.45) is -10.2. The van der Waals surface area contributed by atoms with E-state index in [1.54, 1.807) is 0 Å². The minimum absolute atomic E-state index is 0.339. The number of carboxylic acids is 2. The fourth-order valence-electron chi connectivity index (χ4n) is 3.17. The van der Waals surface area contributed by atoms with E-state index in [1.165, 1.54) is 10.6 Å². The maximum absolute atomic E-state index is 10.6. The molecule has 2 aromatic heterocycles. The molecule has 0 saturated carbocycles. The van der Waals surface area contributed by atoms with E-state index < -0.39 is 24.3 Å². The fourth-order valence-corrected chi connectivity index (χ4v) is 3.92. The molecule has 216 valence electrons. The zero-order valence-corrected chi connectivity index (χ0v) is 21.6. The summed E-state index contributed by atoms with van der Waals surface area (Å²) in [6.45, 7) is 8.28. The molecule has 0 aliphatic carbocycles. The molecule has 1 aliphatic heterocycles. The number of aliphatic carboxylic acids is 2. The smallest absolute Gasteiger partial charge is 0.475 e. The molecule has 38 heavy (non-hydrogen) atoms. The maximum Gasteiger partial charge on any atom is 0.490 e. The third-order valence-corrected chi connectivity index (χ3v) is 5.69. The maximum atomic E-state index is 10.6. The largest absolute Gasteiger partial charge is 0.490 e. The number of halogens is 6. The van der Waals surface area contributed by atoms with Crippen molar-refractivity contribution in [2.45, 2.75) is 44.8 Å². The first-order chi connectivity index (χ1) is 17.6. The van der Waals surface area contributed by atoms with Gasteiger partial charge in [0.25, 0.3) is 0 Å². The van der Waals surface area contributed by atoms with Crippen LogP contribution in [0.1, 0.15) is 29.1 Å². The Morgan fingerprint density at radius 1 is 1.16 bits per heavy atom. The highest BCUT2D eigenvalue weighted by Gasteiger charge is 2.39. The number of aryl methyl sites for hydroxylation is 1. The number of thiophene rings is 1. The van der Waals surface area contributed by atoms with Crippen molar-refractivity contribution in [3.05, 3.63) is 33.8 Å². The molecule has 1 atom stereocenters. The summed E-state index contributed by atoms with van der Waals surface area (Å²) in [4.78, 5) is 23.8. The van der Waals surface area contributed by atoms with Gasteiger partial charge in [-0.3, -0.25) is 4.90 Å². The second-order valence-electron chi connectivity index (χ2n) is 8.17. The molecule has 0 radical (unpaired) electrons. The summed E-state index contributed by atoms with van der Waals surface area (Å²) in [5.41, 5.74) is 2.38. The van der Waals surface area contributed by atoms with Crippen molar-refractivity contribution in [1.29, 1.82) is 0 Å². The molecule has 2 N–H and O–H groups in total. The van der Waals surface area contributed by atoms with Crippen LogP contribution in [0.4, 0.5) is 26.3 Å². The van der Waals surface area contributed by atoms with Gasteiger partial charge in [0.15, 0.2) is 0 Å². The van der Waals surface area contributed by atoms with Gasteiger partial charge < -0.3 is 19.8 Å². The molecule has 0 aromatic carbocycles. The Balaban J connectivity index is 0.000000426. The molecule has 1 aliphatic rings. The van der Waals surface area contributed by atoms with Gasteiger partial charge in [-0.2, -0.15) is 26.3 Å².